The zero-order chi connectivity index (χ0) is 20.0. The van der Waals surface area contributed by atoms with Crippen LogP contribution in [-0.2, 0) is 10.0 Å². The van der Waals surface area contributed by atoms with Gasteiger partial charge in [-0.2, -0.15) is 0 Å². The third kappa shape index (κ3) is 6.25. The second-order valence-corrected chi connectivity index (χ2v) is 8.17. The molecule has 0 fully saturated rings. The topological polar surface area (TPSA) is 75.7 Å². The minimum absolute atomic E-state index is 0.0172. The number of ether oxygens (including phenoxy) is 1. The van der Waals surface area contributed by atoms with Crippen molar-refractivity contribution in [1.82, 2.24) is 5.32 Å². The van der Waals surface area contributed by atoms with Gasteiger partial charge in [0.2, 0.25) is 10.0 Å². The van der Waals surface area contributed by atoms with E-state index in [1.54, 1.807) is 24.3 Å². The first-order valence-corrected chi connectivity index (χ1v) is 10.3. The van der Waals surface area contributed by atoms with Gasteiger partial charge in [-0.3, -0.25) is 9.10 Å². The number of sulfonamides is 1. The van der Waals surface area contributed by atoms with Crippen molar-refractivity contribution in [2.75, 3.05) is 23.7 Å². The number of nitrogens with zero attached hydrogens (tertiary/aromatic N) is 1. The number of carbonyl (C=O) groups is 1. The monoisotopic (exact) mass is 394 g/mol. The van der Waals surface area contributed by atoms with Crippen molar-refractivity contribution < 1.29 is 22.3 Å². The van der Waals surface area contributed by atoms with Gasteiger partial charge in [-0.05, 0) is 62.4 Å². The van der Waals surface area contributed by atoms with E-state index in [-0.39, 0.29) is 19.2 Å². The second kappa shape index (κ2) is 8.85. The number of benzene rings is 2. The molecule has 0 aliphatic heterocycles. The maximum Gasteiger partial charge on any atom is 0.251 e. The Balaban J connectivity index is 2.03. The predicted octanol–water partition coefficient (Wildman–Crippen LogP) is 2.81. The first kappa shape index (κ1) is 20.7. The Morgan fingerprint density at radius 3 is 2.22 bits per heavy atom. The van der Waals surface area contributed by atoms with Gasteiger partial charge in [0.15, 0.2) is 0 Å². The Kier molecular flexibility index (Phi) is 6.79. The summed E-state index contributed by atoms with van der Waals surface area (Å²) in [6.45, 7) is 3.98. The van der Waals surface area contributed by atoms with Gasteiger partial charge in [0.05, 0.1) is 24.6 Å². The first-order valence-electron chi connectivity index (χ1n) is 8.45. The largest absolute Gasteiger partial charge is 0.491 e. The fourth-order valence-electron chi connectivity index (χ4n) is 2.42. The van der Waals surface area contributed by atoms with Crippen molar-refractivity contribution in [3.8, 4) is 5.75 Å². The zero-order valence-electron chi connectivity index (χ0n) is 15.5. The summed E-state index contributed by atoms with van der Waals surface area (Å²) < 4.78 is 43.9. The van der Waals surface area contributed by atoms with Crippen LogP contribution in [0.5, 0.6) is 5.75 Å². The van der Waals surface area contributed by atoms with E-state index in [9.17, 15) is 17.6 Å². The van der Waals surface area contributed by atoms with Crippen LogP contribution in [0.4, 0.5) is 10.1 Å². The van der Waals surface area contributed by atoms with Crippen LogP contribution in [0, 0.1) is 5.82 Å². The van der Waals surface area contributed by atoms with Crippen LogP contribution in [0.2, 0.25) is 0 Å². The molecule has 0 spiro atoms. The van der Waals surface area contributed by atoms with Crippen LogP contribution in [-0.4, -0.2) is 39.8 Å². The number of rotatable bonds is 8. The summed E-state index contributed by atoms with van der Waals surface area (Å²) in [6, 6.07) is 11.8. The standard InChI is InChI=1S/C19H23FN2O4S/c1-14(2)26-18-10-8-17(9-11-18)22(27(3,24)25)13-12-21-19(23)15-4-6-16(20)7-5-15/h4-11,14H,12-13H2,1-3H3,(H,21,23). The molecule has 0 heterocycles. The average Bonchev–Trinajstić information content (AvgIpc) is 2.58. The van der Waals surface area contributed by atoms with Gasteiger partial charge < -0.3 is 10.1 Å². The fourth-order valence-corrected chi connectivity index (χ4v) is 3.35. The molecule has 0 aliphatic carbocycles. The highest BCUT2D eigenvalue weighted by molar-refractivity contribution is 7.92. The average molecular weight is 394 g/mol. The smallest absolute Gasteiger partial charge is 0.251 e. The number of amides is 1. The molecule has 0 saturated carbocycles. The van der Waals surface area contributed by atoms with Crippen LogP contribution in [0.1, 0.15) is 24.2 Å². The summed E-state index contributed by atoms with van der Waals surface area (Å²) in [4.78, 5) is 12.1. The molecular formula is C19H23FN2O4S. The highest BCUT2D eigenvalue weighted by Crippen LogP contribution is 2.22. The Bertz CT molecular complexity index is 866. The lowest BCUT2D eigenvalue weighted by atomic mass is 10.2. The number of anilines is 1. The van der Waals surface area contributed by atoms with E-state index in [1.807, 2.05) is 13.8 Å². The zero-order valence-corrected chi connectivity index (χ0v) is 16.3. The van der Waals surface area contributed by atoms with Gasteiger partial charge in [0.1, 0.15) is 11.6 Å². The highest BCUT2D eigenvalue weighted by Gasteiger charge is 2.18. The van der Waals surface area contributed by atoms with E-state index in [2.05, 4.69) is 5.32 Å². The minimum atomic E-state index is -3.53. The van der Waals surface area contributed by atoms with Crippen molar-refractivity contribution in [3.05, 3.63) is 59.9 Å². The number of halogens is 1. The van der Waals surface area contributed by atoms with E-state index in [1.165, 1.54) is 28.6 Å². The van der Waals surface area contributed by atoms with E-state index >= 15 is 0 Å². The molecule has 0 saturated heterocycles. The lowest BCUT2D eigenvalue weighted by molar-refractivity contribution is 0.0954. The molecule has 146 valence electrons. The van der Waals surface area contributed by atoms with Gasteiger partial charge >= 0.3 is 0 Å². The van der Waals surface area contributed by atoms with Crippen molar-refractivity contribution in [1.29, 1.82) is 0 Å². The lowest BCUT2D eigenvalue weighted by Crippen LogP contribution is -2.38. The first-order chi connectivity index (χ1) is 12.7. The molecule has 0 unspecified atom stereocenters. The molecule has 0 bridgehead atoms. The van der Waals surface area contributed by atoms with Crippen molar-refractivity contribution in [3.63, 3.8) is 0 Å². The lowest BCUT2D eigenvalue weighted by Gasteiger charge is -2.23. The van der Waals surface area contributed by atoms with E-state index in [4.69, 9.17) is 4.74 Å². The molecule has 1 N–H and O–H groups in total. The van der Waals surface area contributed by atoms with Crippen molar-refractivity contribution in [2.24, 2.45) is 0 Å². The predicted molar refractivity (Wildman–Crippen MR) is 103 cm³/mol. The van der Waals surface area contributed by atoms with Gasteiger partial charge in [-0.25, -0.2) is 12.8 Å². The highest BCUT2D eigenvalue weighted by atomic mass is 32.2. The molecule has 1 amide bonds. The molecule has 2 aromatic rings. The normalized spacial score (nSPS) is 11.3. The Morgan fingerprint density at radius 2 is 1.70 bits per heavy atom. The number of hydrogen-bond acceptors (Lipinski definition) is 4. The summed E-state index contributed by atoms with van der Waals surface area (Å²) in [5.41, 5.74) is 0.780. The SMILES string of the molecule is CC(C)Oc1ccc(N(CCNC(=O)c2ccc(F)cc2)S(C)(=O)=O)cc1. The Labute approximate surface area is 159 Å². The van der Waals surface area contributed by atoms with Crippen molar-refractivity contribution in [2.45, 2.75) is 20.0 Å². The van der Waals surface area contributed by atoms with Crippen molar-refractivity contribution >= 4 is 21.6 Å². The number of hydrogen-bond donors (Lipinski definition) is 1. The maximum atomic E-state index is 12.9. The molecule has 2 aromatic carbocycles. The second-order valence-electron chi connectivity index (χ2n) is 6.26. The molecule has 6 nitrogen and oxygen atoms in total. The Hall–Kier alpha value is -2.61. The van der Waals surface area contributed by atoms with E-state index in [0.29, 0.717) is 17.0 Å². The van der Waals surface area contributed by atoms with Gasteiger partial charge in [-0.15, -0.1) is 0 Å². The molecule has 0 radical (unpaired) electrons. The van der Waals surface area contributed by atoms with E-state index in [0.717, 1.165) is 6.26 Å². The third-order valence-electron chi connectivity index (χ3n) is 3.60. The maximum absolute atomic E-state index is 12.9. The molecule has 27 heavy (non-hydrogen) atoms. The molecule has 2 rings (SSSR count). The molecule has 0 aliphatic rings. The summed E-state index contributed by atoms with van der Waals surface area (Å²) in [5.74, 6) is -0.185. The quantitative estimate of drug-likeness (QED) is 0.747. The third-order valence-corrected chi connectivity index (χ3v) is 4.80. The molecular weight excluding hydrogens is 371 g/mol. The van der Waals surface area contributed by atoms with Crippen LogP contribution in [0.3, 0.4) is 0 Å². The molecule has 0 atom stereocenters. The molecule has 0 aromatic heterocycles. The summed E-state index contributed by atoms with van der Waals surface area (Å²) in [7, 11) is -3.53. The van der Waals surface area contributed by atoms with Crippen LogP contribution < -0.4 is 14.4 Å². The fraction of sp³-hybridized carbons (Fsp3) is 0.316. The van der Waals surface area contributed by atoms with Gasteiger partial charge in [-0.1, -0.05) is 0 Å². The van der Waals surface area contributed by atoms with Gasteiger partial charge in [0, 0.05) is 12.1 Å². The van der Waals surface area contributed by atoms with Crippen LogP contribution in [0.25, 0.3) is 0 Å². The summed E-state index contributed by atoms with van der Waals surface area (Å²) in [6.07, 6.45) is 1.12. The molecule has 8 heteroatoms. The summed E-state index contributed by atoms with van der Waals surface area (Å²) >= 11 is 0. The van der Waals surface area contributed by atoms with Gasteiger partial charge in [0.25, 0.3) is 5.91 Å². The number of nitrogens with one attached hydrogen (secondary N) is 1. The minimum Gasteiger partial charge on any atom is -0.491 e. The summed E-state index contributed by atoms with van der Waals surface area (Å²) in [5, 5.41) is 2.64. The van der Waals surface area contributed by atoms with Crippen LogP contribution in [0.15, 0.2) is 48.5 Å². The van der Waals surface area contributed by atoms with E-state index < -0.39 is 21.7 Å². The Morgan fingerprint density at radius 1 is 1.11 bits per heavy atom. The number of carbonyl (C=O) groups excluding carboxylic acids is 1. The van der Waals surface area contributed by atoms with Crippen LogP contribution >= 0.6 is 0 Å².